The lowest BCUT2D eigenvalue weighted by Crippen LogP contribution is -1.84. The maximum absolute atomic E-state index is 5.64. The Morgan fingerprint density at radius 3 is 2.44 bits per heavy atom. The molecule has 0 fully saturated rings. The van der Waals surface area contributed by atoms with Crippen LogP contribution in [0.4, 0.5) is 5.69 Å². The van der Waals surface area contributed by atoms with Gasteiger partial charge in [0, 0.05) is 11.1 Å². The highest BCUT2D eigenvalue weighted by Crippen LogP contribution is 2.28. The van der Waals surface area contributed by atoms with Crippen LogP contribution in [0.2, 0.25) is 0 Å². The molecule has 0 saturated heterocycles. The van der Waals surface area contributed by atoms with Gasteiger partial charge in [-0.15, -0.1) is 0 Å². The largest absolute Gasteiger partial charge is 0.399 e. The lowest BCUT2D eigenvalue weighted by atomic mass is 10.2. The van der Waals surface area contributed by atoms with E-state index in [4.69, 9.17) is 5.73 Å². The normalized spacial score (nSPS) is 9.56. The molecule has 0 radical (unpaired) electrons. The van der Waals surface area contributed by atoms with Crippen LogP contribution in [0, 0.1) is 0 Å². The van der Waals surface area contributed by atoms with Crippen molar-refractivity contribution >= 4 is 45.0 Å². The molecule has 0 bridgehead atoms. The number of anilines is 1. The Balaban J connectivity index is 0.000000509. The van der Waals surface area contributed by atoms with Gasteiger partial charge in [0.15, 0.2) is 0 Å². The van der Waals surface area contributed by atoms with Crippen molar-refractivity contribution in [1.82, 2.24) is 9.55 Å². The number of benzene rings is 1. The van der Waals surface area contributed by atoms with E-state index in [1.54, 1.807) is 0 Å². The average molecular weight is 351 g/mol. The Bertz CT molecular complexity index is 415. The molecule has 0 aliphatic carbocycles. The topological polar surface area (TPSA) is 43.8 Å². The van der Waals surface area contributed by atoms with Crippen LogP contribution in [0.5, 0.6) is 0 Å². The zero-order valence-corrected chi connectivity index (χ0v) is 13.3. The zero-order chi connectivity index (χ0) is 12.6. The highest BCUT2D eigenvalue weighted by Gasteiger charge is 2.00. The van der Waals surface area contributed by atoms with Crippen molar-refractivity contribution in [1.29, 1.82) is 0 Å². The molecule has 0 spiro atoms. The first-order valence-electron chi connectivity index (χ1n) is 5.41. The van der Waals surface area contributed by atoms with Crippen molar-refractivity contribution in [3.05, 3.63) is 24.4 Å². The van der Waals surface area contributed by atoms with Gasteiger partial charge in [0.25, 0.3) is 0 Å². The molecule has 0 aliphatic heterocycles. The number of halogens is 1. The van der Waals surface area contributed by atoms with Crippen molar-refractivity contribution in [3.63, 3.8) is 0 Å². The highest BCUT2D eigenvalue weighted by molar-refractivity contribution is 14.2. The van der Waals surface area contributed by atoms with Gasteiger partial charge in [-0.1, -0.05) is 27.7 Å². The Morgan fingerprint density at radius 1 is 1.25 bits per heavy atom. The molecule has 1 aromatic carbocycles. The summed E-state index contributed by atoms with van der Waals surface area (Å²) in [6.07, 6.45) is 2.48. The number of rotatable bonds is 1. The molecule has 1 aromatic heterocycles. The number of hydrogen-bond donors (Lipinski definition) is 1. The molecule has 2 N–H and O–H groups in total. The molecule has 2 rings (SSSR count). The summed E-state index contributed by atoms with van der Waals surface area (Å²) in [7, 11) is 0. The molecular weight excluding hydrogens is 332 g/mol. The van der Waals surface area contributed by atoms with Gasteiger partial charge in [0.1, 0.15) is 0 Å². The Morgan fingerprint density at radius 2 is 1.88 bits per heavy atom. The summed E-state index contributed by atoms with van der Waals surface area (Å²) in [5.74, 6) is 0. The molecule has 0 amide bonds. The maximum Gasteiger partial charge on any atom is 0.0730 e. The molecule has 0 saturated carbocycles. The molecule has 5 heteroatoms. The van der Waals surface area contributed by atoms with Crippen LogP contribution in [-0.2, 0) is 0 Å². The fraction of sp³-hybridized carbons (Fsp3) is 0.364. The molecule has 2 aromatic rings. The maximum atomic E-state index is 5.64. The number of nitrogens with zero attached hydrogens (tertiary/aromatic N) is 2. The van der Waals surface area contributed by atoms with Crippen LogP contribution in [-0.4, -0.2) is 9.55 Å². The number of aromatic nitrogens is 2. The van der Waals surface area contributed by atoms with Gasteiger partial charge in [0.2, 0.25) is 0 Å². The molecule has 1 unspecified atom stereocenters. The number of fused-ring (bicyclic) bond motifs is 1. The van der Waals surface area contributed by atoms with E-state index in [9.17, 15) is 0 Å². The average Bonchev–Trinajstić information content (AvgIpc) is 2.76. The number of nitrogen functional groups attached to an aromatic ring is 1. The molecule has 1 atom stereocenters. The van der Waals surface area contributed by atoms with Crippen molar-refractivity contribution in [2.24, 2.45) is 0 Å². The molecule has 3 nitrogen and oxygen atoms in total. The van der Waals surface area contributed by atoms with E-state index in [1.165, 1.54) is 0 Å². The Kier molecular flexibility index (Phi) is 8.57. The van der Waals surface area contributed by atoms with E-state index in [0.717, 1.165) is 16.6 Å². The van der Waals surface area contributed by atoms with Gasteiger partial charge in [-0.05, 0) is 40.2 Å². The quantitative estimate of drug-likeness (QED) is 0.468. The second-order valence-corrected chi connectivity index (χ2v) is 4.50. The second-order valence-electron chi connectivity index (χ2n) is 2.46. The minimum Gasteiger partial charge on any atom is -0.399 e. The smallest absolute Gasteiger partial charge is 0.0730 e. The standard InChI is InChI=1S/C7H7IN3P.2C2H6/c8-12-11-7-2-1-6(9)3-5(7)4-10-11;2*1-2/h1-4,12H,9H2;2*1-2H3. The summed E-state index contributed by atoms with van der Waals surface area (Å²) >= 11 is 2.30. The predicted octanol–water partition coefficient (Wildman–Crippen LogP) is 4.46. The second kappa shape index (κ2) is 8.76. The van der Waals surface area contributed by atoms with Crippen LogP contribution in [0.1, 0.15) is 27.7 Å². The minimum absolute atomic E-state index is 0.640. The number of nitrogens with two attached hydrogens (primary N) is 1. The summed E-state index contributed by atoms with van der Waals surface area (Å²) < 4.78 is 1.97. The van der Waals surface area contributed by atoms with Gasteiger partial charge in [-0.25, -0.2) is 4.45 Å². The van der Waals surface area contributed by atoms with E-state index in [2.05, 4.69) is 27.1 Å². The summed E-state index contributed by atoms with van der Waals surface area (Å²) in [5, 5.41) is 5.33. The van der Waals surface area contributed by atoms with Crippen molar-refractivity contribution < 1.29 is 0 Å². The van der Waals surface area contributed by atoms with Crippen LogP contribution in [0.15, 0.2) is 24.4 Å². The fourth-order valence-electron chi connectivity index (χ4n) is 1.12. The third-order valence-corrected chi connectivity index (χ3v) is 3.56. The van der Waals surface area contributed by atoms with Gasteiger partial charge in [-0.2, -0.15) is 5.10 Å². The van der Waals surface area contributed by atoms with E-state index in [0.29, 0.717) is 6.37 Å². The SMILES string of the molecule is CC.CC.Nc1ccc2c(cnn2PI)c1. The zero-order valence-electron chi connectivity index (χ0n) is 10.2. The minimum atomic E-state index is 0.640. The van der Waals surface area contributed by atoms with Crippen molar-refractivity contribution in [2.45, 2.75) is 27.7 Å². The van der Waals surface area contributed by atoms with Crippen LogP contribution in [0.25, 0.3) is 10.9 Å². The van der Waals surface area contributed by atoms with Gasteiger partial charge in [0.05, 0.1) is 18.1 Å². The highest BCUT2D eigenvalue weighted by atomic mass is 127. The first-order chi connectivity index (χ1) is 7.81. The van der Waals surface area contributed by atoms with Gasteiger partial charge < -0.3 is 5.73 Å². The summed E-state index contributed by atoms with van der Waals surface area (Å²) in [4.78, 5) is 0. The molecule has 16 heavy (non-hydrogen) atoms. The van der Waals surface area contributed by atoms with Crippen LogP contribution < -0.4 is 5.73 Å². The van der Waals surface area contributed by atoms with Gasteiger partial charge >= 0.3 is 0 Å². The molecule has 90 valence electrons. The monoisotopic (exact) mass is 351 g/mol. The van der Waals surface area contributed by atoms with Crippen LogP contribution in [0.3, 0.4) is 0 Å². The number of hydrogen-bond acceptors (Lipinski definition) is 2. The van der Waals surface area contributed by atoms with Gasteiger partial charge in [-0.3, -0.25) is 0 Å². The van der Waals surface area contributed by atoms with E-state index >= 15 is 0 Å². The van der Waals surface area contributed by atoms with E-state index < -0.39 is 0 Å². The van der Waals surface area contributed by atoms with E-state index in [-0.39, 0.29) is 0 Å². The lowest BCUT2D eigenvalue weighted by molar-refractivity contribution is 1.04. The molecule has 0 aliphatic rings. The van der Waals surface area contributed by atoms with Crippen molar-refractivity contribution in [2.75, 3.05) is 5.73 Å². The molecular formula is C11H19IN3P. The van der Waals surface area contributed by atoms with Crippen molar-refractivity contribution in [3.8, 4) is 0 Å². The molecule has 1 heterocycles. The third-order valence-electron chi connectivity index (χ3n) is 1.67. The Hall–Kier alpha value is -0.350. The Labute approximate surface area is 112 Å². The predicted molar refractivity (Wildman–Crippen MR) is 84.6 cm³/mol. The lowest BCUT2D eigenvalue weighted by Gasteiger charge is -1.96. The summed E-state index contributed by atoms with van der Waals surface area (Å²) in [5.41, 5.74) is 7.58. The summed E-state index contributed by atoms with van der Waals surface area (Å²) in [6.45, 7) is 8.00. The van der Waals surface area contributed by atoms with Crippen LogP contribution >= 0.6 is 28.4 Å². The summed E-state index contributed by atoms with van der Waals surface area (Å²) in [6, 6.07) is 5.84. The first-order valence-corrected chi connectivity index (χ1v) is 9.47. The third kappa shape index (κ3) is 3.91. The van der Waals surface area contributed by atoms with E-state index in [1.807, 2.05) is 56.5 Å². The fourth-order valence-corrected chi connectivity index (χ4v) is 2.67. The first kappa shape index (κ1) is 15.7.